The molecule has 190 valence electrons. The minimum atomic E-state index is -0.112. The maximum absolute atomic E-state index is 5.92. The Kier molecular flexibility index (Phi) is 6.89. The number of hydrogen-bond acceptors (Lipinski definition) is 4. The lowest BCUT2D eigenvalue weighted by molar-refractivity contribution is 0.242. The van der Waals surface area contributed by atoms with Gasteiger partial charge < -0.3 is 24.3 Å². The first-order valence-electron chi connectivity index (χ1n) is 12.5. The second-order valence-corrected chi connectivity index (χ2v) is 9.91. The monoisotopic (exact) mass is 512 g/mol. The highest BCUT2D eigenvalue weighted by molar-refractivity contribution is 7.80. The fraction of sp³-hybridized carbons (Fsp3) is 0.267. The zero-order valence-electron chi connectivity index (χ0n) is 21.8. The Morgan fingerprint density at radius 2 is 1.70 bits per heavy atom. The number of rotatable bonds is 7. The number of anilines is 1. The summed E-state index contributed by atoms with van der Waals surface area (Å²) >= 11 is 5.92. The van der Waals surface area contributed by atoms with Gasteiger partial charge in [0.05, 0.1) is 31.0 Å². The molecule has 0 saturated carbocycles. The number of aryl methyl sites for hydroxylation is 1. The molecule has 3 heterocycles. The van der Waals surface area contributed by atoms with Gasteiger partial charge in [-0.05, 0) is 100 Å². The largest absolute Gasteiger partial charge is 0.497 e. The van der Waals surface area contributed by atoms with Gasteiger partial charge in [-0.15, -0.1) is 0 Å². The molecular formula is C30H32N4O2S. The van der Waals surface area contributed by atoms with Crippen molar-refractivity contribution < 1.29 is 9.47 Å². The molecular weight excluding hydrogens is 480 g/mol. The number of methoxy groups -OCH3 is 1. The molecule has 37 heavy (non-hydrogen) atoms. The molecule has 4 aromatic rings. The average molecular weight is 513 g/mol. The molecule has 2 aromatic carbocycles. The van der Waals surface area contributed by atoms with E-state index >= 15 is 0 Å². The van der Waals surface area contributed by atoms with Crippen molar-refractivity contribution in [1.82, 2.24) is 14.9 Å². The zero-order chi connectivity index (χ0) is 26.1. The topological polar surface area (TPSA) is 51.5 Å². The first-order chi connectivity index (χ1) is 17.9. The zero-order valence-corrected chi connectivity index (χ0v) is 22.6. The number of pyridine rings is 1. The van der Waals surface area contributed by atoms with Crippen LogP contribution in [0.4, 0.5) is 5.69 Å². The van der Waals surface area contributed by atoms with Gasteiger partial charge in [-0.3, -0.25) is 4.98 Å². The molecule has 1 fully saturated rings. The summed E-state index contributed by atoms with van der Waals surface area (Å²) in [7, 11) is 1.69. The Bertz CT molecular complexity index is 1400. The molecule has 1 saturated heterocycles. The number of benzene rings is 2. The van der Waals surface area contributed by atoms with Crippen molar-refractivity contribution in [3.05, 3.63) is 102 Å². The van der Waals surface area contributed by atoms with Gasteiger partial charge in [0, 0.05) is 35.0 Å². The van der Waals surface area contributed by atoms with Gasteiger partial charge in [-0.2, -0.15) is 0 Å². The van der Waals surface area contributed by atoms with Crippen molar-refractivity contribution in [1.29, 1.82) is 0 Å². The summed E-state index contributed by atoms with van der Waals surface area (Å²) in [6.07, 6.45) is 1.95. The number of thiocarbonyl (C=S) groups is 1. The lowest BCUT2D eigenvalue weighted by Gasteiger charge is -2.28. The summed E-state index contributed by atoms with van der Waals surface area (Å²) in [4.78, 5) is 6.89. The third-order valence-electron chi connectivity index (χ3n) is 6.69. The van der Waals surface area contributed by atoms with E-state index < -0.39 is 0 Å². The number of aromatic nitrogens is 2. The molecule has 0 radical (unpaired) electrons. The van der Waals surface area contributed by atoms with Gasteiger partial charge in [0.1, 0.15) is 11.5 Å². The van der Waals surface area contributed by atoms with Crippen molar-refractivity contribution in [2.45, 2.75) is 45.9 Å². The van der Waals surface area contributed by atoms with Crippen LogP contribution in [0.3, 0.4) is 0 Å². The standard InChI is InChI=1S/C30H32N4O2S/c1-19(2)36-24-14-12-22(13-15-24)34-29(28(32-30(34)37)27-11-6-7-16-31-27)26-17-20(3)33(21(26)4)23-9-8-10-25(18-23)35-5/h6-19,28-29H,1-5H3,(H,32,37)/t28-,29-/m0/s1. The first kappa shape index (κ1) is 24.8. The fourth-order valence-corrected chi connectivity index (χ4v) is 5.49. The van der Waals surface area contributed by atoms with Crippen LogP contribution in [0, 0.1) is 13.8 Å². The smallest absolute Gasteiger partial charge is 0.174 e. The van der Waals surface area contributed by atoms with Crippen LogP contribution in [0.5, 0.6) is 11.5 Å². The Morgan fingerprint density at radius 1 is 0.919 bits per heavy atom. The van der Waals surface area contributed by atoms with Crippen LogP contribution in [0.1, 0.15) is 48.6 Å². The second-order valence-electron chi connectivity index (χ2n) is 9.52. The molecule has 0 bridgehead atoms. The predicted octanol–water partition coefficient (Wildman–Crippen LogP) is 6.46. The lowest BCUT2D eigenvalue weighted by Crippen LogP contribution is -2.29. The number of hydrogen-bond donors (Lipinski definition) is 1. The lowest BCUT2D eigenvalue weighted by atomic mass is 9.96. The quantitative estimate of drug-likeness (QED) is 0.287. The summed E-state index contributed by atoms with van der Waals surface area (Å²) in [6.45, 7) is 8.35. The van der Waals surface area contributed by atoms with Crippen molar-refractivity contribution in [2.75, 3.05) is 12.0 Å². The van der Waals surface area contributed by atoms with Crippen molar-refractivity contribution in [3.8, 4) is 17.2 Å². The normalized spacial score (nSPS) is 17.2. The molecule has 2 aromatic heterocycles. The van der Waals surface area contributed by atoms with Gasteiger partial charge in [-0.1, -0.05) is 12.1 Å². The number of nitrogens with one attached hydrogen (secondary N) is 1. The van der Waals surface area contributed by atoms with E-state index in [2.05, 4.69) is 65.0 Å². The van der Waals surface area contributed by atoms with E-state index in [0.29, 0.717) is 5.11 Å². The van der Waals surface area contributed by atoms with Gasteiger partial charge in [0.15, 0.2) is 5.11 Å². The number of ether oxygens (including phenoxy) is 2. The molecule has 0 spiro atoms. The van der Waals surface area contributed by atoms with Crippen LogP contribution in [0.2, 0.25) is 0 Å². The second kappa shape index (κ2) is 10.3. The Hall–Kier alpha value is -3.84. The van der Waals surface area contributed by atoms with Crippen molar-refractivity contribution in [2.24, 2.45) is 0 Å². The molecule has 1 aliphatic rings. The van der Waals surface area contributed by atoms with Crippen molar-refractivity contribution >= 4 is 23.0 Å². The van der Waals surface area contributed by atoms with E-state index in [0.717, 1.165) is 40.0 Å². The van der Waals surface area contributed by atoms with E-state index in [1.807, 2.05) is 56.4 Å². The highest BCUT2D eigenvalue weighted by Crippen LogP contribution is 2.44. The van der Waals surface area contributed by atoms with Gasteiger partial charge >= 0.3 is 0 Å². The van der Waals surface area contributed by atoms with Crippen LogP contribution in [0.25, 0.3) is 5.69 Å². The maximum atomic E-state index is 5.92. The summed E-state index contributed by atoms with van der Waals surface area (Å²) in [5, 5.41) is 4.23. The van der Waals surface area contributed by atoms with Gasteiger partial charge in [0.25, 0.3) is 0 Å². The van der Waals surface area contributed by atoms with Crippen LogP contribution in [-0.2, 0) is 0 Å². The fourth-order valence-electron chi connectivity index (χ4n) is 5.14. The Balaban J connectivity index is 1.62. The first-order valence-corrected chi connectivity index (χ1v) is 12.9. The summed E-state index contributed by atoms with van der Waals surface area (Å²) < 4.78 is 13.6. The molecule has 1 aliphatic heterocycles. The van der Waals surface area contributed by atoms with Crippen LogP contribution < -0.4 is 19.7 Å². The van der Waals surface area contributed by atoms with E-state index in [9.17, 15) is 0 Å². The molecule has 0 amide bonds. The summed E-state index contributed by atoms with van der Waals surface area (Å²) in [6, 6.07) is 24.3. The van der Waals surface area contributed by atoms with Crippen molar-refractivity contribution in [3.63, 3.8) is 0 Å². The van der Waals surface area contributed by atoms with E-state index in [4.69, 9.17) is 26.7 Å². The average Bonchev–Trinajstić information content (AvgIpc) is 3.39. The molecule has 1 N–H and O–H groups in total. The van der Waals surface area contributed by atoms with Gasteiger partial charge in [-0.25, -0.2) is 0 Å². The molecule has 0 aliphatic carbocycles. The Labute approximate surface area is 223 Å². The minimum Gasteiger partial charge on any atom is -0.497 e. The minimum absolute atomic E-state index is 0.0928. The predicted molar refractivity (Wildman–Crippen MR) is 152 cm³/mol. The van der Waals surface area contributed by atoms with E-state index in [1.165, 1.54) is 5.56 Å². The summed E-state index contributed by atoms with van der Waals surface area (Å²) in [5.41, 5.74) is 6.48. The maximum Gasteiger partial charge on any atom is 0.174 e. The number of nitrogens with zero attached hydrogens (tertiary/aromatic N) is 3. The SMILES string of the molecule is COc1cccc(-n2c(C)cc([C@H]3[C@H](c4ccccn4)NC(=S)N3c3ccc(OC(C)C)cc3)c2C)c1. The molecule has 5 rings (SSSR count). The highest BCUT2D eigenvalue weighted by Gasteiger charge is 2.42. The Morgan fingerprint density at radius 3 is 2.38 bits per heavy atom. The van der Waals surface area contributed by atoms with Gasteiger partial charge in [0.2, 0.25) is 0 Å². The van der Waals surface area contributed by atoms with Crippen LogP contribution in [0.15, 0.2) is 79.0 Å². The summed E-state index contributed by atoms with van der Waals surface area (Å²) in [5.74, 6) is 1.66. The van der Waals surface area contributed by atoms with E-state index in [1.54, 1.807) is 7.11 Å². The third-order valence-corrected chi connectivity index (χ3v) is 7.00. The molecule has 6 nitrogen and oxygen atoms in total. The molecule has 2 atom stereocenters. The molecule has 7 heteroatoms. The molecule has 0 unspecified atom stereocenters. The highest BCUT2D eigenvalue weighted by atomic mass is 32.1. The third kappa shape index (κ3) is 4.79. The van der Waals surface area contributed by atoms with E-state index in [-0.39, 0.29) is 18.2 Å². The van der Waals surface area contributed by atoms with Crippen LogP contribution in [-0.4, -0.2) is 27.9 Å². The van der Waals surface area contributed by atoms with Crippen LogP contribution >= 0.6 is 12.2 Å².